The quantitative estimate of drug-likeness (QED) is 0.758. The molecule has 3 rings (SSSR count). The number of nitrogens with zero attached hydrogens (tertiary/aromatic N) is 2. The fourth-order valence-corrected chi connectivity index (χ4v) is 3.53. The molecule has 1 saturated heterocycles. The fraction of sp³-hybridized carbons (Fsp3) is 0.556. The van der Waals surface area contributed by atoms with Crippen molar-refractivity contribution in [1.82, 2.24) is 14.9 Å². The lowest BCUT2D eigenvalue weighted by Gasteiger charge is -2.30. The van der Waals surface area contributed by atoms with Crippen LogP contribution in [0.2, 0.25) is 0 Å². The second-order valence-electron chi connectivity index (χ2n) is 6.84. The highest BCUT2D eigenvalue weighted by molar-refractivity contribution is 5.85. The summed E-state index contributed by atoms with van der Waals surface area (Å²) in [6.07, 6.45) is 2.46. The van der Waals surface area contributed by atoms with E-state index in [1.807, 2.05) is 26.0 Å². The molecular formula is C18H26ClN3O3. The molecule has 6 nitrogen and oxygen atoms in total. The molecule has 0 radical (unpaired) electrons. The molecule has 138 valence electrons. The number of hydrogen-bond acceptors (Lipinski definition) is 5. The van der Waals surface area contributed by atoms with Crippen LogP contribution < -0.4 is 10.9 Å². The molecule has 1 aromatic carbocycles. The zero-order chi connectivity index (χ0) is 17.3. The van der Waals surface area contributed by atoms with Gasteiger partial charge in [0.25, 0.3) is 5.56 Å². The van der Waals surface area contributed by atoms with E-state index in [0.29, 0.717) is 17.3 Å². The first-order valence-corrected chi connectivity index (χ1v) is 8.51. The van der Waals surface area contributed by atoms with Crippen LogP contribution in [0.3, 0.4) is 0 Å². The molecule has 3 atom stereocenters. The van der Waals surface area contributed by atoms with Crippen molar-refractivity contribution in [3.05, 3.63) is 39.9 Å². The van der Waals surface area contributed by atoms with Crippen molar-refractivity contribution in [1.29, 1.82) is 0 Å². The van der Waals surface area contributed by atoms with E-state index in [4.69, 9.17) is 0 Å². The average molecular weight is 368 g/mol. The van der Waals surface area contributed by atoms with Gasteiger partial charge in [-0.3, -0.25) is 9.36 Å². The van der Waals surface area contributed by atoms with Crippen LogP contribution in [0.5, 0.6) is 0 Å². The molecule has 0 saturated carbocycles. The fourth-order valence-electron chi connectivity index (χ4n) is 3.53. The lowest BCUT2D eigenvalue weighted by atomic mass is 9.96. The van der Waals surface area contributed by atoms with E-state index < -0.39 is 12.2 Å². The van der Waals surface area contributed by atoms with Gasteiger partial charge in [0.05, 0.1) is 36.0 Å². The summed E-state index contributed by atoms with van der Waals surface area (Å²) in [6, 6.07) is 3.72. The minimum absolute atomic E-state index is 0. The number of fused-ring (bicyclic) bond motifs is 1. The van der Waals surface area contributed by atoms with Gasteiger partial charge < -0.3 is 15.5 Å². The number of aromatic nitrogens is 2. The van der Waals surface area contributed by atoms with Crippen molar-refractivity contribution < 1.29 is 10.2 Å². The van der Waals surface area contributed by atoms with Crippen molar-refractivity contribution in [3.8, 4) is 0 Å². The third-order valence-corrected chi connectivity index (χ3v) is 4.74. The van der Waals surface area contributed by atoms with E-state index >= 15 is 0 Å². The summed E-state index contributed by atoms with van der Waals surface area (Å²) in [7, 11) is 0. The molecule has 2 aromatic rings. The van der Waals surface area contributed by atoms with Gasteiger partial charge in [-0.05, 0) is 56.8 Å². The molecule has 2 heterocycles. The van der Waals surface area contributed by atoms with Crippen molar-refractivity contribution in [2.24, 2.45) is 0 Å². The molecule has 1 aliphatic rings. The van der Waals surface area contributed by atoms with E-state index in [-0.39, 0.29) is 30.6 Å². The predicted molar refractivity (Wildman–Crippen MR) is 100 cm³/mol. The number of aliphatic hydroxyl groups is 2. The largest absolute Gasteiger partial charge is 0.392 e. The summed E-state index contributed by atoms with van der Waals surface area (Å²) in [6.45, 7) is 4.93. The molecule has 1 unspecified atom stereocenters. The zero-order valence-corrected chi connectivity index (χ0v) is 15.4. The van der Waals surface area contributed by atoms with Crippen LogP contribution in [0, 0.1) is 13.8 Å². The Morgan fingerprint density at radius 3 is 2.88 bits per heavy atom. The van der Waals surface area contributed by atoms with Gasteiger partial charge in [0.2, 0.25) is 0 Å². The Hall–Kier alpha value is -1.47. The maximum Gasteiger partial charge on any atom is 0.261 e. The maximum atomic E-state index is 12.7. The summed E-state index contributed by atoms with van der Waals surface area (Å²) < 4.78 is 1.46. The Labute approximate surface area is 153 Å². The average Bonchev–Trinajstić information content (AvgIpc) is 2.53. The highest BCUT2D eigenvalue weighted by atomic mass is 35.5. The van der Waals surface area contributed by atoms with Crippen molar-refractivity contribution in [2.45, 2.75) is 57.9 Å². The van der Waals surface area contributed by atoms with Crippen LogP contribution in [-0.2, 0) is 6.54 Å². The zero-order valence-electron chi connectivity index (χ0n) is 14.6. The molecule has 0 amide bonds. The first kappa shape index (κ1) is 19.8. The van der Waals surface area contributed by atoms with E-state index in [0.717, 1.165) is 30.5 Å². The van der Waals surface area contributed by atoms with E-state index in [9.17, 15) is 15.0 Å². The van der Waals surface area contributed by atoms with Crippen molar-refractivity contribution >= 4 is 23.3 Å². The summed E-state index contributed by atoms with van der Waals surface area (Å²) in [4.78, 5) is 17.1. The molecule has 7 heteroatoms. The van der Waals surface area contributed by atoms with Crippen LogP contribution in [0.4, 0.5) is 0 Å². The molecule has 3 N–H and O–H groups in total. The number of benzene rings is 1. The van der Waals surface area contributed by atoms with Gasteiger partial charge in [0.1, 0.15) is 0 Å². The molecule has 0 aliphatic carbocycles. The smallest absolute Gasteiger partial charge is 0.261 e. The minimum Gasteiger partial charge on any atom is -0.392 e. The molecule has 1 fully saturated rings. The minimum atomic E-state index is -0.710. The Balaban J connectivity index is 0.00000225. The van der Waals surface area contributed by atoms with Gasteiger partial charge >= 0.3 is 0 Å². The topological polar surface area (TPSA) is 87.4 Å². The number of piperidine rings is 1. The Morgan fingerprint density at radius 2 is 2.16 bits per heavy atom. The van der Waals surface area contributed by atoms with E-state index in [1.165, 1.54) is 10.9 Å². The lowest BCUT2D eigenvalue weighted by Crippen LogP contribution is -2.47. The lowest BCUT2D eigenvalue weighted by molar-refractivity contribution is 0.0539. The summed E-state index contributed by atoms with van der Waals surface area (Å²) in [5.74, 6) is 0. The van der Waals surface area contributed by atoms with Crippen LogP contribution >= 0.6 is 12.4 Å². The standard InChI is InChI=1S/C18H25N3O3.ClH/c1-11-6-12(2)17-14(7-11)18(24)21(10-20-17)9-13(22)8-15-16(23)4-3-5-19-15;/h6-7,10,13,15-16,19,22-23H,3-5,8-9H2,1-2H3;1H/t13?,15-,16+;/m1./s1. The monoisotopic (exact) mass is 367 g/mol. The van der Waals surface area contributed by atoms with Crippen molar-refractivity contribution in [2.75, 3.05) is 6.54 Å². The van der Waals surface area contributed by atoms with Gasteiger partial charge in [-0.15, -0.1) is 12.4 Å². The van der Waals surface area contributed by atoms with Crippen LogP contribution in [0.1, 0.15) is 30.4 Å². The van der Waals surface area contributed by atoms with Crippen LogP contribution in [0.25, 0.3) is 10.9 Å². The summed E-state index contributed by atoms with van der Waals surface area (Å²) in [5, 5.41) is 24.1. The number of nitrogens with one attached hydrogen (secondary N) is 1. The van der Waals surface area contributed by atoms with E-state index in [1.54, 1.807) is 0 Å². The van der Waals surface area contributed by atoms with E-state index in [2.05, 4.69) is 10.3 Å². The summed E-state index contributed by atoms with van der Waals surface area (Å²) in [5.41, 5.74) is 2.57. The van der Waals surface area contributed by atoms with Gasteiger partial charge in [-0.1, -0.05) is 6.07 Å². The molecule has 25 heavy (non-hydrogen) atoms. The van der Waals surface area contributed by atoms with Gasteiger partial charge in [0.15, 0.2) is 0 Å². The number of rotatable bonds is 4. The maximum absolute atomic E-state index is 12.7. The van der Waals surface area contributed by atoms with Crippen molar-refractivity contribution in [3.63, 3.8) is 0 Å². The molecule has 1 aromatic heterocycles. The highest BCUT2D eigenvalue weighted by Gasteiger charge is 2.25. The van der Waals surface area contributed by atoms with Gasteiger partial charge in [-0.25, -0.2) is 4.98 Å². The first-order valence-electron chi connectivity index (χ1n) is 8.51. The number of halogens is 1. The molecule has 0 spiro atoms. The Kier molecular flexibility index (Phi) is 6.57. The van der Waals surface area contributed by atoms with Gasteiger partial charge in [-0.2, -0.15) is 0 Å². The second-order valence-corrected chi connectivity index (χ2v) is 6.84. The molecule has 0 bridgehead atoms. The van der Waals surface area contributed by atoms with Crippen LogP contribution in [0.15, 0.2) is 23.3 Å². The summed E-state index contributed by atoms with van der Waals surface area (Å²) >= 11 is 0. The SMILES string of the molecule is Cc1cc(C)c2ncn(CC(O)C[C@H]3NCCC[C@@H]3O)c(=O)c2c1.Cl. The predicted octanol–water partition coefficient (Wildman–Crippen LogP) is 1.30. The third-order valence-electron chi connectivity index (χ3n) is 4.74. The number of hydrogen-bond donors (Lipinski definition) is 3. The van der Waals surface area contributed by atoms with Crippen LogP contribution in [-0.4, -0.2) is 44.6 Å². The second kappa shape index (κ2) is 8.27. The Bertz CT molecular complexity index is 793. The number of aryl methyl sites for hydroxylation is 2. The number of aliphatic hydroxyl groups excluding tert-OH is 2. The third kappa shape index (κ3) is 4.39. The van der Waals surface area contributed by atoms with Gasteiger partial charge in [0, 0.05) is 6.04 Å². The highest BCUT2D eigenvalue weighted by Crippen LogP contribution is 2.16. The molecule has 1 aliphatic heterocycles. The first-order chi connectivity index (χ1) is 11.5. The molecular weight excluding hydrogens is 342 g/mol. The normalized spacial score (nSPS) is 21.8. The Morgan fingerprint density at radius 1 is 1.40 bits per heavy atom.